The van der Waals surface area contributed by atoms with Gasteiger partial charge in [-0.1, -0.05) is 62.2 Å². The number of hydrogen-bond acceptors (Lipinski definition) is 5. The van der Waals surface area contributed by atoms with Crippen molar-refractivity contribution in [1.82, 2.24) is 15.5 Å². The van der Waals surface area contributed by atoms with Crippen LogP contribution < -0.4 is 10.6 Å². The Morgan fingerprint density at radius 2 is 1.62 bits per heavy atom. The minimum Gasteiger partial charge on any atom is -0.508 e. The van der Waals surface area contributed by atoms with Gasteiger partial charge in [0.1, 0.15) is 23.4 Å². The van der Waals surface area contributed by atoms with Crippen LogP contribution in [0.3, 0.4) is 0 Å². The molecule has 39 heavy (non-hydrogen) atoms. The van der Waals surface area contributed by atoms with E-state index in [4.69, 9.17) is 4.74 Å². The number of rotatable bonds is 11. The summed E-state index contributed by atoms with van der Waals surface area (Å²) in [7, 11) is 0. The van der Waals surface area contributed by atoms with Crippen molar-refractivity contribution in [2.75, 3.05) is 6.54 Å². The molecule has 214 valence electrons. The molecule has 2 unspecified atom stereocenters. The lowest BCUT2D eigenvalue weighted by Crippen LogP contribution is -2.55. The molecule has 0 radical (unpaired) electrons. The largest absolute Gasteiger partial charge is 0.508 e. The molecular weight excluding hydrogens is 494 g/mol. The van der Waals surface area contributed by atoms with Gasteiger partial charge < -0.3 is 25.4 Å². The van der Waals surface area contributed by atoms with Crippen LogP contribution in [0.5, 0.6) is 5.75 Å². The van der Waals surface area contributed by atoms with Crippen molar-refractivity contribution in [1.29, 1.82) is 0 Å². The van der Waals surface area contributed by atoms with Gasteiger partial charge in [-0.05, 0) is 71.2 Å². The molecule has 8 nitrogen and oxygen atoms in total. The molecule has 0 aliphatic rings. The van der Waals surface area contributed by atoms with E-state index in [1.165, 1.54) is 17.0 Å². The average molecular weight is 540 g/mol. The Balaban J connectivity index is 2.57. The van der Waals surface area contributed by atoms with E-state index in [9.17, 15) is 19.5 Å². The molecule has 0 aliphatic carbocycles. The lowest BCUT2D eigenvalue weighted by Gasteiger charge is -2.36. The number of hydrogen-bond donors (Lipinski definition) is 3. The van der Waals surface area contributed by atoms with Crippen LogP contribution in [0.2, 0.25) is 0 Å². The fourth-order valence-corrected chi connectivity index (χ4v) is 4.20. The highest BCUT2D eigenvalue weighted by atomic mass is 16.6. The summed E-state index contributed by atoms with van der Waals surface area (Å²) in [6, 6.07) is 13.8. The Bertz CT molecular complexity index is 1090. The molecule has 3 N–H and O–H groups in total. The smallest absolute Gasteiger partial charge is 0.408 e. The molecule has 0 aromatic heterocycles. The first-order valence-electron chi connectivity index (χ1n) is 13.6. The van der Waals surface area contributed by atoms with E-state index in [0.717, 1.165) is 18.4 Å². The number of nitrogens with one attached hydrogen (secondary N) is 2. The zero-order valence-electron chi connectivity index (χ0n) is 24.4. The van der Waals surface area contributed by atoms with E-state index in [0.29, 0.717) is 18.5 Å². The Morgan fingerprint density at radius 1 is 0.949 bits per heavy atom. The zero-order chi connectivity index (χ0) is 29.2. The van der Waals surface area contributed by atoms with Gasteiger partial charge in [-0.3, -0.25) is 9.59 Å². The van der Waals surface area contributed by atoms with Gasteiger partial charge in [0, 0.05) is 18.5 Å². The fraction of sp³-hybridized carbons (Fsp3) is 0.516. The van der Waals surface area contributed by atoms with Gasteiger partial charge in [0.05, 0.1) is 0 Å². The summed E-state index contributed by atoms with van der Waals surface area (Å²) in [4.78, 5) is 42.4. The number of benzene rings is 2. The molecule has 0 heterocycles. The lowest BCUT2D eigenvalue weighted by molar-refractivity contribution is -0.143. The second-order valence-corrected chi connectivity index (χ2v) is 11.9. The Labute approximate surface area is 233 Å². The number of nitrogens with zero attached hydrogens (tertiary/aromatic N) is 1. The summed E-state index contributed by atoms with van der Waals surface area (Å²) in [5, 5.41) is 16.0. The number of unbranched alkanes of at least 4 members (excludes halogenated alkanes) is 2. The summed E-state index contributed by atoms with van der Waals surface area (Å²) in [5.41, 5.74) is 0.0375. The summed E-state index contributed by atoms with van der Waals surface area (Å²) >= 11 is 0. The van der Waals surface area contributed by atoms with Crippen molar-refractivity contribution < 1.29 is 24.2 Å². The van der Waals surface area contributed by atoms with Crippen molar-refractivity contribution in [2.24, 2.45) is 0 Å². The predicted molar refractivity (Wildman–Crippen MR) is 153 cm³/mol. The molecule has 2 aromatic rings. The van der Waals surface area contributed by atoms with E-state index in [-0.39, 0.29) is 18.1 Å². The standard InChI is InChI=1S/C31H45N3O5/c1-8-9-13-19-34(26(27(36)33-30(2,3)4)23-17-14-18-24(35)21-23)28(37)25(20-22-15-11-10-12-16-22)32-29(38)39-31(5,6)7/h10-12,14-18,21,25-26,35H,8-9,13,19-20H2,1-7H3,(H,32,38)(H,33,36). The van der Waals surface area contributed by atoms with Crippen LogP contribution in [0.25, 0.3) is 0 Å². The van der Waals surface area contributed by atoms with Crippen LogP contribution in [0.1, 0.15) is 84.9 Å². The SMILES string of the molecule is CCCCCN(C(=O)C(Cc1ccccc1)NC(=O)OC(C)(C)C)C(C(=O)NC(C)(C)C)c1cccc(O)c1. The second-order valence-electron chi connectivity index (χ2n) is 11.9. The topological polar surface area (TPSA) is 108 Å². The highest BCUT2D eigenvalue weighted by molar-refractivity contribution is 5.92. The van der Waals surface area contributed by atoms with Crippen LogP contribution in [-0.4, -0.2) is 51.6 Å². The first-order valence-corrected chi connectivity index (χ1v) is 13.6. The molecule has 0 saturated heterocycles. The number of phenols is 1. The minimum absolute atomic E-state index is 0.00488. The number of ether oxygens (including phenoxy) is 1. The Hall–Kier alpha value is -3.55. The van der Waals surface area contributed by atoms with E-state index in [1.54, 1.807) is 32.9 Å². The third-order valence-electron chi connectivity index (χ3n) is 5.80. The normalized spacial score (nSPS) is 13.2. The molecule has 0 spiro atoms. The van der Waals surface area contributed by atoms with Gasteiger partial charge >= 0.3 is 6.09 Å². The first-order chi connectivity index (χ1) is 18.2. The van der Waals surface area contributed by atoms with E-state index >= 15 is 0 Å². The average Bonchev–Trinajstić information content (AvgIpc) is 2.81. The maximum atomic E-state index is 14.3. The number of aromatic hydroxyl groups is 1. The summed E-state index contributed by atoms with van der Waals surface area (Å²) < 4.78 is 5.48. The Kier molecular flexibility index (Phi) is 11.4. The molecule has 2 atom stereocenters. The van der Waals surface area contributed by atoms with E-state index in [2.05, 4.69) is 17.6 Å². The molecule has 0 aliphatic heterocycles. The van der Waals surface area contributed by atoms with Crippen LogP contribution in [-0.2, 0) is 20.7 Å². The lowest BCUT2D eigenvalue weighted by atomic mass is 9.98. The van der Waals surface area contributed by atoms with Crippen LogP contribution in [0.15, 0.2) is 54.6 Å². The number of alkyl carbamates (subject to hydrolysis) is 1. The van der Waals surface area contributed by atoms with Crippen molar-refractivity contribution in [3.63, 3.8) is 0 Å². The van der Waals surface area contributed by atoms with Gasteiger partial charge in [-0.15, -0.1) is 0 Å². The molecule has 0 fully saturated rings. The first kappa shape index (κ1) is 31.7. The van der Waals surface area contributed by atoms with Gasteiger partial charge in [0.2, 0.25) is 11.8 Å². The zero-order valence-corrected chi connectivity index (χ0v) is 24.4. The fourth-order valence-electron chi connectivity index (χ4n) is 4.20. The second kappa shape index (κ2) is 14.0. The van der Waals surface area contributed by atoms with Gasteiger partial charge in [-0.25, -0.2) is 4.79 Å². The Morgan fingerprint density at radius 3 is 2.18 bits per heavy atom. The minimum atomic E-state index is -1.01. The molecule has 3 amide bonds. The third-order valence-corrected chi connectivity index (χ3v) is 5.80. The highest BCUT2D eigenvalue weighted by Gasteiger charge is 2.37. The summed E-state index contributed by atoms with van der Waals surface area (Å²) in [6.45, 7) is 13.2. The molecule has 8 heteroatoms. The monoisotopic (exact) mass is 539 g/mol. The molecule has 2 rings (SSSR count). The van der Waals surface area contributed by atoms with Gasteiger partial charge in [0.15, 0.2) is 0 Å². The van der Waals surface area contributed by atoms with E-state index < -0.39 is 35.2 Å². The van der Waals surface area contributed by atoms with Crippen molar-refractivity contribution in [2.45, 2.75) is 97.4 Å². The van der Waals surface area contributed by atoms with Gasteiger partial charge in [-0.2, -0.15) is 0 Å². The number of carbonyl (C=O) groups excluding carboxylic acids is 3. The highest BCUT2D eigenvalue weighted by Crippen LogP contribution is 2.27. The third kappa shape index (κ3) is 11.0. The molecule has 2 aromatic carbocycles. The molecular formula is C31H45N3O5. The number of amides is 3. The number of carbonyl (C=O) groups is 3. The summed E-state index contributed by atoms with van der Waals surface area (Å²) in [5.74, 6) is -0.776. The van der Waals surface area contributed by atoms with Gasteiger partial charge in [0.25, 0.3) is 0 Å². The number of phenolic OH excluding ortho intramolecular Hbond substituents is 1. The van der Waals surface area contributed by atoms with Crippen LogP contribution >= 0.6 is 0 Å². The maximum Gasteiger partial charge on any atom is 0.408 e. The molecule has 0 bridgehead atoms. The summed E-state index contributed by atoms with van der Waals surface area (Å²) in [6.07, 6.45) is 1.97. The van der Waals surface area contributed by atoms with Crippen molar-refractivity contribution in [3.8, 4) is 5.75 Å². The molecule has 0 saturated carbocycles. The van der Waals surface area contributed by atoms with Crippen LogP contribution in [0.4, 0.5) is 4.79 Å². The van der Waals surface area contributed by atoms with Crippen molar-refractivity contribution in [3.05, 3.63) is 65.7 Å². The van der Waals surface area contributed by atoms with E-state index in [1.807, 2.05) is 51.1 Å². The quantitative estimate of drug-likeness (QED) is 0.327. The predicted octanol–water partition coefficient (Wildman–Crippen LogP) is 5.50. The van der Waals surface area contributed by atoms with Crippen LogP contribution in [0, 0.1) is 0 Å². The van der Waals surface area contributed by atoms with Crippen molar-refractivity contribution >= 4 is 17.9 Å². The maximum absolute atomic E-state index is 14.3.